The van der Waals surface area contributed by atoms with E-state index in [0.29, 0.717) is 65.1 Å². The van der Waals surface area contributed by atoms with E-state index in [1.165, 1.54) is 12.8 Å². The zero-order chi connectivity index (χ0) is 23.7. The molecule has 0 heterocycles. The fourth-order valence-corrected chi connectivity index (χ4v) is 3.33. The van der Waals surface area contributed by atoms with E-state index in [1.807, 2.05) is 41.5 Å². The fourth-order valence-electron chi connectivity index (χ4n) is 3.33. The van der Waals surface area contributed by atoms with Gasteiger partial charge in [0.15, 0.2) is 0 Å². The Labute approximate surface area is 195 Å². The number of hydrogen-bond donors (Lipinski definition) is 0. The third kappa shape index (κ3) is 10.7. The molecule has 2 saturated carbocycles. The van der Waals surface area contributed by atoms with Gasteiger partial charge in [-0.25, -0.2) is 0 Å². The van der Waals surface area contributed by atoms with Crippen molar-refractivity contribution >= 4 is 0 Å². The van der Waals surface area contributed by atoms with Crippen molar-refractivity contribution in [1.82, 2.24) is 0 Å². The Kier molecular flexibility index (Phi) is 15.9. The lowest BCUT2D eigenvalue weighted by Crippen LogP contribution is -2.45. The molecule has 2 fully saturated rings. The number of ether oxygens (including phenoxy) is 8. The third-order valence-electron chi connectivity index (χ3n) is 5.28. The van der Waals surface area contributed by atoms with Crippen LogP contribution in [0.15, 0.2) is 0 Å². The third-order valence-corrected chi connectivity index (χ3v) is 5.28. The van der Waals surface area contributed by atoms with Gasteiger partial charge in [0.25, 0.3) is 0 Å². The zero-order valence-corrected chi connectivity index (χ0v) is 21.3. The van der Waals surface area contributed by atoms with Crippen molar-refractivity contribution in [3.63, 3.8) is 0 Å². The van der Waals surface area contributed by atoms with E-state index in [0.717, 1.165) is 25.7 Å². The molecule has 2 aliphatic rings. The molecule has 8 heteroatoms. The van der Waals surface area contributed by atoms with Gasteiger partial charge in [-0.05, 0) is 80.1 Å². The summed E-state index contributed by atoms with van der Waals surface area (Å²) < 4.78 is 44.8. The molecule has 0 N–H and O–H groups in total. The van der Waals surface area contributed by atoms with Gasteiger partial charge in [-0.1, -0.05) is 0 Å². The normalized spacial score (nSPS) is 17.4. The smallest absolute Gasteiger partial charge is 0.307 e. The first-order chi connectivity index (χ1) is 15.5. The lowest BCUT2D eigenvalue weighted by atomic mass is 9.96. The highest BCUT2D eigenvalue weighted by molar-refractivity contribution is 4.71. The molecular weight excluding hydrogens is 416 g/mol. The van der Waals surface area contributed by atoms with Gasteiger partial charge < -0.3 is 37.9 Å². The molecule has 192 valence electrons. The quantitative estimate of drug-likeness (QED) is 0.272. The van der Waals surface area contributed by atoms with Gasteiger partial charge in [0, 0.05) is 39.6 Å². The second-order valence-electron chi connectivity index (χ2n) is 7.69. The number of rotatable bonds is 18. The maximum absolute atomic E-state index is 5.73. The monoisotopic (exact) mass is 464 g/mol. The van der Waals surface area contributed by atoms with Crippen LogP contribution in [0.1, 0.15) is 80.1 Å². The molecular formula is C24H48O8. The van der Waals surface area contributed by atoms with E-state index in [4.69, 9.17) is 37.9 Å². The molecule has 0 aromatic carbocycles. The minimum absolute atomic E-state index is 0.354. The Balaban J connectivity index is 0.000000320. The van der Waals surface area contributed by atoms with Crippen molar-refractivity contribution in [3.05, 3.63) is 0 Å². The SMILES string of the molecule is CCOC(COC1CCC1)(OCC)OCC.CCOC(COC1CCC1)(OCC)OCC. The van der Waals surface area contributed by atoms with Gasteiger partial charge in [0.05, 0.1) is 12.2 Å². The van der Waals surface area contributed by atoms with Crippen molar-refractivity contribution in [3.8, 4) is 0 Å². The largest absolute Gasteiger partial charge is 0.370 e. The van der Waals surface area contributed by atoms with Crippen LogP contribution in [0.4, 0.5) is 0 Å². The minimum atomic E-state index is -1.01. The Morgan fingerprint density at radius 1 is 0.469 bits per heavy atom. The molecule has 0 aromatic rings. The van der Waals surface area contributed by atoms with Crippen molar-refractivity contribution in [2.75, 3.05) is 52.9 Å². The standard InChI is InChI=1S/2C12H24O4/c2*1-4-14-12(15-5-2,16-6-3)10-13-11-8-7-9-11/h2*11H,4-10H2,1-3H3. The van der Waals surface area contributed by atoms with Gasteiger partial charge >= 0.3 is 11.9 Å². The summed E-state index contributed by atoms with van der Waals surface area (Å²) in [6.45, 7) is 15.6. The highest BCUT2D eigenvalue weighted by atomic mass is 16.9. The first kappa shape index (κ1) is 29.7. The maximum Gasteiger partial charge on any atom is 0.307 e. The predicted octanol–water partition coefficient (Wildman–Crippen LogP) is 4.64. The predicted molar refractivity (Wildman–Crippen MR) is 122 cm³/mol. The van der Waals surface area contributed by atoms with E-state index in [1.54, 1.807) is 0 Å². The molecule has 2 rings (SSSR count). The number of hydrogen-bond acceptors (Lipinski definition) is 8. The molecule has 0 atom stereocenters. The zero-order valence-electron chi connectivity index (χ0n) is 21.3. The van der Waals surface area contributed by atoms with Crippen LogP contribution in [-0.4, -0.2) is 77.0 Å². The molecule has 0 radical (unpaired) electrons. The Hall–Kier alpha value is -0.320. The van der Waals surface area contributed by atoms with Crippen molar-refractivity contribution in [1.29, 1.82) is 0 Å². The molecule has 0 saturated heterocycles. The summed E-state index contributed by atoms with van der Waals surface area (Å²) in [5.41, 5.74) is 0. The Morgan fingerprint density at radius 2 is 0.719 bits per heavy atom. The van der Waals surface area contributed by atoms with Gasteiger partial charge in [0.2, 0.25) is 0 Å². The Bertz CT molecular complexity index is 366. The van der Waals surface area contributed by atoms with Crippen molar-refractivity contribution in [2.45, 2.75) is 104 Å². The molecule has 2 aliphatic carbocycles. The first-order valence-corrected chi connectivity index (χ1v) is 12.6. The molecule has 0 spiro atoms. The van der Waals surface area contributed by atoms with E-state index < -0.39 is 11.9 Å². The fraction of sp³-hybridized carbons (Fsp3) is 1.00. The average Bonchev–Trinajstić information content (AvgIpc) is 2.67. The van der Waals surface area contributed by atoms with Crippen LogP contribution in [0.2, 0.25) is 0 Å². The van der Waals surface area contributed by atoms with E-state index >= 15 is 0 Å². The van der Waals surface area contributed by atoms with Gasteiger partial charge in [-0.3, -0.25) is 0 Å². The summed E-state index contributed by atoms with van der Waals surface area (Å²) in [5.74, 6) is -2.01. The summed E-state index contributed by atoms with van der Waals surface area (Å²) in [6.07, 6.45) is 7.80. The summed E-state index contributed by atoms with van der Waals surface area (Å²) >= 11 is 0. The van der Waals surface area contributed by atoms with E-state index in [9.17, 15) is 0 Å². The molecule has 0 amide bonds. The molecule has 0 bridgehead atoms. The first-order valence-electron chi connectivity index (χ1n) is 12.6. The highest BCUT2D eigenvalue weighted by Gasteiger charge is 2.36. The van der Waals surface area contributed by atoms with E-state index in [-0.39, 0.29) is 0 Å². The van der Waals surface area contributed by atoms with E-state index in [2.05, 4.69) is 0 Å². The van der Waals surface area contributed by atoms with Crippen LogP contribution in [0, 0.1) is 0 Å². The Morgan fingerprint density at radius 3 is 0.875 bits per heavy atom. The van der Waals surface area contributed by atoms with Crippen LogP contribution in [0.25, 0.3) is 0 Å². The molecule has 0 aromatic heterocycles. The average molecular weight is 465 g/mol. The highest BCUT2D eigenvalue weighted by Crippen LogP contribution is 2.26. The van der Waals surface area contributed by atoms with Gasteiger partial charge in [0.1, 0.15) is 13.2 Å². The van der Waals surface area contributed by atoms with Gasteiger partial charge in [-0.15, -0.1) is 0 Å². The summed E-state index contributed by atoms with van der Waals surface area (Å²) in [6, 6.07) is 0. The summed E-state index contributed by atoms with van der Waals surface area (Å²) in [5, 5.41) is 0. The second kappa shape index (κ2) is 17.2. The van der Waals surface area contributed by atoms with Crippen LogP contribution in [-0.2, 0) is 37.9 Å². The van der Waals surface area contributed by atoms with Crippen LogP contribution in [0.3, 0.4) is 0 Å². The van der Waals surface area contributed by atoms with Crippen LogP contribution < -0.4 is 0 Å². The summed E-state index contributed by atoms with van der Waals surface area (Å²) in [7, 11) is 0. The van der Waals surface area contributed by atoms with Crippen LogP contribution in [0.5, 0.6) is 0 Å². The van der Waals surface area contributed by atoms with Crippen molar-refractivity contribution < 1.29 is 37.9 Å². The lowest BCUT2D eigenvalue weighted by molar-refractivity contribution is -0.395. The molecule has 0 aliphatic heterocycles. The minimum Gasteiger partial charge on any atom is -0.370 e. The molecule has 8 nitrogen and oxygen atoms in total. The molecule has 0 unspecified atom stereocenters. The second-order valence-corrected chi connectivity index (χ2v) is 7.69. The lowest BCUT2D eigenvalue weighted by Gasteiger charge is -2.35. The molecule has 32 heavy (non-hydrogen) atoms. The topological polar surface area (TPSA) is 73.8 Å². The maximum atomic E-state index is 5.73. The summed E-state index contributed by atoms with van der Waals surface area (Å²) in [4.78, 5) is 0. The van der Waals surface area contributed by atoms with Crippen molar-refractivity contribution in [2.24, 2.45) is 0 Å². The van der Waals surface area contributed by atoms with Gasteiger partial charge in [-0.2, -0.15) is 0 Å². The van der Waals surface area contributed by atoms with Crippen LogP contribution >= 0.6 is 0 Å².